The average molecular weight is 234 g/mol. The summed E-state index contributed by atoms with van der Waals surface area (Å²) in [6.45, 7) is 1.80. The summed E-state index contributed by atoms with van der Waals surface area (Å²) in [5.41, 5.74) is 0.425. The molecule has 1 aliphatic rings. The highest BCUT2D eigenvalue weighted by Gasteiger charge is 2.22. The van der Waals surface area contributed by atoms with E-state index in [9.17, 15) is 4.79 Å². The molecule has 3 heterocycles. The third kappa shape index (κ3) is 1.56. The number of thiophene rings is 1. The van der Waals surface area contributed by atoms with Crippen LogP contribution >= 0.6 is 11.3 Å². The molecule has 0 saturated carbocycles. The van der Waals surface area contributed by atoms with Gasteiger partial charge in [-0.25, -0.2) is 4.68 Å². The maximum Gasteiger partial charge on any atom is 0.224 e. The van der Waals surface area contributed by atoms with E-state index in [1.54, 1.807) is 16.9 Å². The third-order valence-electron chi connectivity index (χ3n) is 2.62. The van der Waals surface area contributed by atoms with Gasteiger partial charge >= 0.3 is 0 Å². The molecular formula is C10H10N4OS. The van der Waals surface area contributed by atoms with Gasteiger partial charge in [0.2, 0.25) is 5.78 Å². The van der Waals surface area contributed by atoms with E-state index >= 15 is 0 Å². The summed E-state index contributed by atoms with van der Waals surface area (Å²) in [7, 11) is 0. The van der Waals surface area contributed by atoms with Gasteiger partial charge in [-0.2, -0.15) is 0 Å². The van der Waals surface area contributed by atoms with Gasteiger partial charge in [0.25, 0.3) is 0 Å². The molecule has 0 atom stereocenters. The minimum atomic E-state index is -0.0477. The molecule has 0 bridgehead atoms. The lowest BCUT2D eigenvalue weighted by Gasteiger charge is -2.26. The van der Waals surface area contributed by atoms with Crippen LogP contribution in [-0.4, -0.2) is 33.9 Å². The van der Waals surface area contributed by atoms with E-state index in [0.29, 0.717) is 16.6 Å². The van der Waals surface area contributed by atoms with Gasteiger partial charge in [-0.05, 0) is 11.4 Å². The standard InChI is InChI=1S/C10H10N4OS/c15-10(9-2-1-3-16-9)8-6-14(13-12-8)7-4-11-5-7/h1-3,6-7,11H,4-5H2. The quantitative estimate of drug-likeness (QED) is 0.795. The maximum atomic E-state index is 11.9. The van der Waals surface area contributed by atoms with Gasteiger partial charge in [0, 0.05) is 13.1 Å². The molecule has 82 valence electrons. The van der Waals surface area contributed by atoms with Crippen LogP contribution in [0.15, 0.2) is 23.7 Å². The molecule has 0 radical (unpaired) electrons. The van der Waals surface area contributed by atoms with Crippen LogP contribution in [0.3, 0.4) is 0 Å². The first-order chi connectivity index (χ1) is 7.84. The zero-order valence-corrected chi connectivity index (χ0v) is 9.28. The fraction of sp³-hybridized carbons (Fsp3) is 0.300. The average Bonchev–Trinajstić information content (AvgIpc) is 2.84. The van der Waals surface area contributed by atoms with Crippen molar-refractivity contribution in [1.82, 2.24) is 20.3 Å². The summed E-state index contributed by atoms with van der Waals surface area (Å²) in [6, 6.07) is 4.01. The minimum absolute atomic E-state index is 0.0477. The Kier molecular flexibility index (Phi) is 2.30. The Balaban J connectivity index is 1.84. The van der Waals surface area contributed by atoms with Gasteiger partial charge in [0.1, 0.15) is 0 Å². The van der Waals surface area contributed by atoms with Crippen LogP contribution in [-0.2, 0) is 0 Å². The third-order valence-corrected chi connectivity index (χ3v) is 3.49. The number of nitrogens with one attached hydrogen (secondary N) is 1. The lowest BCUT2D eigenvalue weighted by Crippen LogP contribution is -2.43. The Bertz CT molecular complexity index is 501. The fourth-order valence-corrected chi connectivity index (χ4v) is 2.23. The molecule has 16 heavy (non-hydrogen) atoms. The van der Waals surface area contributed by atoms with Gasteiger partial charge in [0.15, 0.2) is 5.69 Å². The van der Waals surface area contributed by atoms with Crippen molar-refractivity contribution in [3.8, 4) is 0 Å². The molecule has 2 aromatic rings. The van der Waals surface area contributed by atoms with Crippen LogP contribution in [0, 0.1) is 0 Å². The van der Waals surface area contributed by atoms with Crippen molar-refractivity contribution < 1.29 is 4.79 Å². The van der Waals surface area contributed by atoms with Crippen molar-refractivity contribution in [2.45, 2.75) is 6.04 Å². The summed E-state index contributed by atoms with van der Waals surface area (Å²) in [6.07, 6.45) is 1.73. The van der Waals surface area contributed by atoms with Crippen LogP contribution in [0.2, 0.25) is 0 Å². The van der Waals surface area contributed by atoms with Gasteiger partial charge in [-0.3, -0.25) is 4.79 Å². The number of carbonyl (C=O) groups excluding carboxylic acids is 1. The second kappa shape index (κ2) is 3.80. The van der Waals surface area contributed by atoms with Crippen molar-refractivity contribution >= 4 is 17.1 Å². The topological polar surface area (TPSA) is 59.8 Å². The predicted molar refractivity (Wildman–Crippen MR) is 59.7 cm³/mol. The van der Waals surface area contributed by atoms with Crippen LogP contribution < -0.4 is 5.32 Å². The lowest BCUT2D eigenvalue weighted by atomic mass is 10.2. The highest BCUT2D eigenvalue weighted by molar-refractivity contribution is 7.12. The number of hydrogen-bond acceptors (Lipinski definition) is 5. The largest absolute Gasteiger partial charge is 0.312 e. The summed E-state index contributed by atoms with van der Waals surface area (Å²) in [4.78, 5) is 12.6. The van der Waals surface area contributed by atoms with Crippen LogP contribution in [0.5, 0.6) is 0 Å². The van der Waals surface area contributed by atoms with E-state index in [1.807, 2.05) is 11.4 Å². The fourth-order valence-electron chi connectivity index (χ4n) is 1.55. The number of hydrogen-bond donors (Lipinski definition) is 1. The van der Waals surface area contributed by atoms with Crippen LogP contribution in [0.4, 0.5) is 0 Å². The first kappa shape index (κ1) is 9.68. The van der Waals surface area contributed by atoms with Crippen molar-refractivity contribution in [3.63, 3.8) is 0 Å². The SMILES string of the molecule is O=C(c1cn(C2CNC2)nn1)c1cccs1. The Hall–Kier alpha value is -1.53. The van der Waals surface area contributed by atoms with Gasteiger partial charge in [0.05, 0.1) is 17.1 Å². The van der Waals surface area contributed by atoms with E-state index in [1.165, 1.54) is 11.3 Å². The van der Waals surface area contributed by atoms with Crippen molar-refractivity contribution in [2.75, 3.05) is 13.1 Å². The Morgan fingerprint density at radius 1 is 1.56 bits per heavy atom. The molecule has 1 fully saturated rings. The van der Waals surface area contributed by atoms with E-state index in [2.05, 4.69) is 15.6 Å². The number of aromatic nitrogens is 3. The normalized spacial score (nSPS) is 16.0. The van der Waals surface area contributed by atoms with Gasteiger partial charge in [-0.1, -0.05) is 11.3 Å². The van der Waals surface area contributed by atoms with E-state index in [-0.39, 0.29) is 5.78 Å². The first-order valence-electron chi connectivity index (χ1n) is 5.05. The zero-order valence-electron chi connectivity index (χ0n) is 8.46. The van der Waals surface area contributed by atoms with Gasteiger partial charge in [-0.15, -0.1) is 16.4 Å². The molecule has 0 unspecified atom stereocenters. The molecular weight excluding hydrogens is 224 g/mol. The Morgan fingerprint density at radius 3 is 3.06 bits per heavy atom. The summed E-state index contributed by atoms with van der Waals surface area (Å²) >= 11 is 1.42. The molecule has 0 amide bonds. The molecule has 1 N–H and O–H groups in total. The first-order valence-corrected chi connectivity index (χ1v) is 5.93. The summed E-state index contributed by atoms with van der Waals surface area (Å²) in [5.74, 6) is -0.0477. The van der Waals surface area contributed by atoms with Crippen LogP contribution in [0.1, 0.15) is 21.4 Å². The van der Waals surface area contributed by atoms with Crippen molar-refractivity contribution in [2.24, 2.45) is 0 Å². The van der Waals surface area contributed by atoms with Gasteiger partial charge < -0.3 is 5.32 Å². The second-order valence-electron chi connectivity index (χ2n) is 3.70. The predicted octanol–water partition coefficient (Wildman–Crippen LogP) is 0.715. The molecule has 6 heteroatoms. The lowest BCUT2D eigenvalue weighted by molar-refractivity contribution is 0.103. The molecule has 2 aromatic heterocycles. The minimum Gasteiger partial charge on any atom is -0.312 e. The molecule has 0 aliphatic carbocycles. The number of carbonyl (C=O) groups is 1. The van der Waals surface area contributed by atoms with E-state index in [0.717, 1.165) is 13.1 Å². The number of rotatable bonds is 3. The molecule has 1 aliphatic heterocycles. The van der Waals surface area contributed by atoms with E-state index in [4.69, 9.17) is 0 Å². The molecule has 5 nitrogen and oxygen atoms in total. The Labute approximate surface area is 96.1 Å². The summed E-state index contributed by atoms with van der Waals surface area (Å²) < 4.78 is 1.76. The molecule has 1 saturated heterocycles. The van der Waals surface area contributed by atoms with Crippen molar-refractivity contribution in [3.05, 3.63) is 34.3 Å². The molecule has 0 aromatic carbocycles. The van der Waals surface area contributed by atoms with E-state index < -0.39 is 0 Å². The molecule has 0 spiro atoms. The summed E-state index contributed by atoms with van der Waals surface area (Å²) in [5, 5.41) is 12.9. The smallest absolute Gasteiger partial charge is 0.224 e. The molecule has 3 rings (SSSR count). The van der Waals surface area contributed by atoms with Crippen molar-refractivity contribution in [1.29, 1.82) is 0 Å². The monoisotopic (exact) mass is 234 g/mol. The zero-order chi connectivity index (χ0) is 11.0. The highest BCUT2D eigenvalue weighted by Crippen LogP contribution is 2.15. The Morgan fingerprint density at radius 2 is 2.44 bits per heavy atom. The second-order valence-corrected chi connectivity index (χ2v) is 4.65. The number of nitrogens with zero attached hydrogens (tertiary/aromatic N) is 3. The maximum absolute atomic E-state index is 11.9. The number of ketones is 1. The highest BCUT2D eigenvalue weighted by atomic mass is 32.1. The van der Waals surface area contributed by atoms with Crippen LogP contribution in [0.25, 0.3) is 0 Å².